The Hall–Kier alpha value is -1.82. The van der Waals surface area contributed by atoms with E-state index in [0.717, 1.165) is 6.42 Å². The van der Waals surface area contributed by atoms with E-state index in [1.165, 1.54) is 22.9 Å². The number of aromatic nitrogens is 1. The molecule has 0 bridgehead atoms. The summed E-state index contributed by atoms with van der Waals surface area (Å²) < 4.78 is 6.43. The number of pyridine rings is 1. The average molecular weight is 253 g/mol. The number of amides is 1. The summed E-state index contributed by atoms with van der Waals surface area (Å²) in [4.78, 5) is 23.0. The maximum atomic E-state index is 11.6. The van der Waals surface area contributed by atoms with Gasteiger partial charge < -0.3 is 20.4 Å². The highest BCUT2D eigenvalue weighted by Crippen LogP contribution is 1.95. The third-order valence-electron chi connectivity index (χ3n) is 2.31. The van der Waals surface area contributed by atoms with Crippen LogP contribution >= 0.6 is 0 Å². The third-order valence-corrected chi connectivity index (χ3v) is 2.31. The summed E-state index contributed by atoms with van der Waals surface area (Å²) in [6.07, 6.45) is 2.22. The second-order valence-electron chi connectivity index (χ2n) is 3.83. The molecule has 0 aliphatic heterocycles. The summed E-state index contributed by atoms with van der Waals surface area (Å²) in [6, 6.07) is 2.86. The molecule has 1 heterocycles. The minimum atomic E-state index is -0.242. The lowest BCUT2D eigenvalue weighted by Gasteiger charge is -2.07. The van der Waals surface area contributed by atoms with E-state index < -0.39 is 0 Å². The molecule has 1 rings (SSSR count). The van der Waals surface area contributed by atoms with Gasteiger partial charge in [-0.2, -0.15) is 0 Å². The molecule has 0 fully saturated rings. The molecule has 0 unspecified atom stereocenters. The lowest BCUT2D eigenvalue weighted by molar-refractivity contribution is -0.121. The maximum absolute atomic E-state index is 11.6. The van der Waals surface area contributed by atoms with Crippen molar-refractivity contribution in [2.75, 3.05) is 25.5 Å². The lowest BCUT2D eigenvalue weighted by atomic mass is 10.4. The van der Waals surface area contributed by atoms with Gasteiger partial charge in [-0.25, -0.2) is 0 Å². The number of nitrogen functional groups attached to an aromatic ring is 1. The Bertz CT molecular complexity index is 442. The molecule has 1 amide bonds. The first kappa shape index (κ1) is 14.2. The summed E-state index contributed by atoms with van der Waals surface area (Å²) in [5.41, 5.74) is 5.77. The van der Waals surface area contributed by atoms with Gasteiger partial charge in [0.15, 0.2) is 0 Å². The Morgan fingerprint density at radius 2 is 2.28 bits per heavy atom. The number of hydrogen-bond donors (Lipinski definition) is 2. The topological polar surface area (TPSA) is 86.3 Å². The van der Waals surface area contributed by atoms with Gasteiger partial charge in [0, 0.05) is 37.7 Å². The van der Waals surface area contributed by atoms with Crippen molar-refractivity contribution in [3.05, 3.63) is 28.7 Å². The van der Waals surface area contributed by atoms with Crippen molar-refractivity contribution < 1.29 is 9.53 Å². The van der Waals surface area contributed by atoms with Crippen LogP contribution in [0.4, 0.5) is 5.69 Å². The van der Waals surface area contributed by atoms with E-state index >= 15 is 0 Å². The van der Waals surface area contributed by atoms with Crippen LogP contribution in [0.5, 0.6) is 0 Å². The van der Waals surface area contributed by atoms with E-state index in [1.54, 1.807) is 0 Å². The lowest BCUT2D eigenvalue weighted by Crippen LogP contribution is -2.32. The minimum Gasteiger partial charge on any atom is -0.398 e. The van der Waals surface area contributed by atoms with E-state index in [2.05, 4.69) is 5.32 Å². The van der Waals surface area contributed by atoms with Crippen LogP contribution in [0.15, 0.2) is 23.1 Å². The molecular formula is C12H19N3O3. The molecule has 0 saturated heterocycles. The predicted molar refractivity (Wildman–Crippen MR) is 69.2 cm³/mol. The van der Waals surface area contributed by atoms with Crippen molar-refractivity contribution in [2.24, 2.45) is 0 Å². The van der Waals surface area contributed by atoms with Crippen molar-refractivity contribution in [1.82, 2.24) is 9.88 Å². The molecule has 18 heavy (non-hydrogen) atoms. The van der Waals surface area contributed by atoms with Gasteiger partial charge in [0.1, 0.15) is 6.54 Å². The Kier molecular flexibility index (Phi) is 5.93. The van der Waals surface area contributed by atoms with Gasteiger partial charge in [-0.1, -0.05) is 0 Å². The fourth-order valence-corrected chi connectivity index (χ4v) is 1.43. The van der Waals surface area contributed by atoms with Crippen LogP contribution in [0.1, 0.15) is 13.3 Å². The number of nitrogens with zero attached hydrogens (tertiary/aromatic N) is 1. The van der Waals surface area contributed by atoms with Crippen LogP contribution in [0.2, 0.25) is 0 Å². The number of ether oxygens (including phenoxy) is 1. The molecule has 6 nitrogen and oxygen atoms in total. The summed E-state index contributed by atoms with van der Waals surface area (Å²) in [6.45, 7) is 3.74. The van der Waals surface area contributed by atoms with Gasteiger partial charge in [-0.05, 0) is 19.4 Å². The van der Waals surface area contributed by atoms with Crippen LogP contribution in [-0.2, 0) is 16.1 Å². The Balaban J connectivity index is 2.35. The average Bonchev–Trinajstić information content (AvgIpc) is 2.33. The monoisotopic (exact) mass is 253 g/mol. The molecule has 0 aliphatic carbocycles. The molecule has 0 radical (unpaired) electrons. The molecular weight excluding hydrogens is 234 g/mol. The van der Waals surface area contributed by atoms with Crippen LogP contribution in [0.25, 0.3) is 0 Å². The molecule has 0 aromatic carbocycles. The van der Waals surface area contributed by atoms with Gasteiger partial charge in [-0.15, -0.1) is 0 Å². The van der Waals surface area contributed by atoms with Crippen molar-refractivity contribution in [3.8, 4) is 0 Å². The van der Waals surface area contributed by atoms with Crippen molar-refractivity contribution in [1.29, 1.82) is 0 Å². The van der Waals surface area contributed by atoms with E-state index in [4.69, 9.17) is 10.5 Å². The molecule has 0 spiro atoms. The molecule has 0 aliphatic rings. The number of nitrogens with one attached hydrogen (secondary N) is 1. The van der Waals surface area contributed by atoms with E-state index in [1.807, 2.05) is 6.92 Å². The van der Waals surface area contributed by atoms with Gasteiger partial charge in [0.05, 0.1) is 0 Å². The van der Waals surface area contributed by atoms with Gasteiger partial charge in [0.25, 0.3) is 5.56 Å². The van der Waals surface area contributed by atoms with E-state index in [9.17, 15) is 9.59 Å². The predicted octanol–water partition coefficient (Wildman–Crippen LogP) is -0.0267. The summed E-state index contributed by atoms with van der Waals surface area (Å²) >= 11 is 0. The Morgan fingerprint density at radius 1 is 1.50 bits per heavy atom. The van der Waals surface area contributed by atoms with Gasteiger partial charge in [-0.3, -0.25) is 9.59 Å². The second kappa shape index (κ2) is 7.50. The quantitative estimate of drug-likeness (QED) is 0.668. The number of hydrogen-bond acceptors (Lipinski definition) is 4. The van der Waals surface area contributed by atoms with Crippen LogP contribution in [0.3, 0.4) is 0 Å². The molecule has 1 aromatic rings. The third kappa shape index (κ3) is 5.01. The van der Waals surface area contributed by atoms with Crippen LogP contribution < -0.4 is 16.6 Å². The Labute approximate surface area is 106 Å². The molecule has 0 atom stereocenters. The molecule has 3 N–H and O–H groups in total. The first-order valence-corrected chi connectivity index (χ1v) is 5.94. The zero-order valence-corrected chi connectivity index (χ0v) is 10.5. The Morgan fingerprint density at radius 3 is 3.00 bits per heavy atom. The number of nitrogens with two attached hydrogens (primary N) is 1. The highest BCUT2D eigenvalue weighted by molar-refractivity contribution is 5.75. The van der Waals surface area contributed by atoms with Gasteiger partial charge in [0.2, 0.25) is 5.91 Å². The molecule has 100 valence electrons. The van der Waals surface area contributed by atoms with Crippen molar-refractivity contribution >= 4 is 11.6 Å². The SMILES string of the molecule is CCOCCCNC(=O)Cn1cc(N)ccc1=O. The van der Waals surface area contributed by atoms with Crippen molar-refractivity contribution in [2.45, 2.75) is 19.9 Å². The zero-order valence-electron chi connectivity index (χ0n) is 10.5. The fraction of sp³-hybridized carbons (Fsp3) is 0.500. The first-order chi connectivity index (χ1) is 8.63. The minimum absolute atomic E-state index is 0.0154. The van der Waals surface area contributed by atoms with Crippen LogP contribution in [-0.4, -0.2) is 30.2 Å². The summed E-state index contributed by atoms with van der Waals surface area (Å²) in [5, 5.41) is 2.72. The normalized spacial score (nSPS) is 10.3. The summed E-state index contributed by atoms with van der Waals surface area (Å²) in [5.74, 6) is -0.209. The number of anilines is 1. The maximum Gasteiger partial charge on any atom is 0.251 e. The fourth-order valence-electron chi connectivity index (χ4n) is 1.43. The summed E-state index contributed by atoms with van der Waals surface area (Å²) in [7, 11) is 0. The number of carbonyl (C=O) groups excluding carboxylic acids is 1. The van der Waals surface area contributed by atoms with Crippen molar-refractivity contribution in [3.63, 3.8) is 0 Å². The van der Waals surface area contributed by atoms with E-state index in [0.29, 0.717) is 25.4 Å². The highest BCUT2D eigenvalue weighted by atomic mass is 16.5. The number of rotatable bonds is 7. The van der Waals surface area contributed by atoms with E-state index in [-0.39, 0.29) is 18.0 Å². The number of carbonyl (C=O) groups is 1. The standard InChI is InChI=1S/C12H19N3O3/c1-2-18-7-3-6-14-11(16)9-15-8-10(13)4-5-12(15)17/h4-5,8H,2-3,6-7,9,13H2,1H3,(H,14,16). The second-order valence-corrected chi connectivity index (χ2v) is 3.83. The van der Waals surface area contributed by atoms with Gasteiger partial charge >= 0.3 is 0 Å². The zero-order chi connectivity index (χ0) is 13.4. The van der Waals surface area contributed by atoms with Crippen LogP contribution in [0, 0.1) is 0 Å². The molecule has 6 heteroatoms. The highest BCUT2D eigenvalue weighted by Gasteiger charge is 2.03. The largest absolute Gasteiger partial charge is 0.398 e. The smallest absolute Gasteiger partial charge is 0.251 e. The molecule has 1 aromatic heterocycles. The molecule has 0 saturated carbocycles. The first-order valence-electron chi connectivity index (χ1n) is 5.94.